The lowest BCUT2D eigenvalue weighted by Gasteiger charge is -2.49. The number of likely N-dealkylation sites (N-methyl/N-ethyl adjacent to an activating group) is 2. The van der Waals surface area contributed by atoms with E-state index in [1.54, 1.807) is 4.90 Å². The van der Waals surface area contributed by atoms with Crippen LogP contribution in [-0.4, -0.2) is 64.1 Å². The van der Waals surface area contributed by atoms with Crippen molar-refractivity contribution in [2.75, 3.05) is 27.7 Å². The molecule has 0 aliphatic heterocycles. The molecule has 2 rings (SSSR count). The molecule has 0 radical (unpaired) electrons. The number of amides is 1. The number of nitrogens with one attached hydrogen (secondary N) is 1. The molecule has 0 unspecified atom stereocenters. The fourth-order valence-electron chi connectivity index (χ4n) is 2.64. The van der Waals surface area contributed by atoms with E-state index in [1.807, 2.05) is 20.9 Å². The van der Waals surface area contributed by atoms with Crippen LogP contribution < -0.4 is 0 Å². The molecule has 20 heavy (non-hydrogen) atoms. The van der Waals surface area contributed by atoms with Gasteiger partial charge in [0, 0.05) is 25.0 Å². The molecule has 1 fully saturated rings. The minimum absolute atomic E-state index is 0.110. The second-order valence-electron chi connectivity index (χ2n) is 6.33. The summed E-state index contributed by atoms with van der Waals surface area (Å²) in [6.07, 6.45) is 3.52. The predicted octanol–water partition coefficient (Wildman–Crippen LogP) is 1.48. The van der Waals surface area contributed by atoms with Gasteiger partial charge in [0.1, 0.15) is 5.82 Å². The third-order valence-electron chi connectivity index (χ3n) is 4.35. The molecule has 0 saturated heterocycles. The maximum Gasteiger partial charge on any atom is 0.293 e. The van der Waals surface area contributed by atoms with Gasteiger partial charge in [-0.05, 0) is 33.4 Å². The average Bonchev–Trinajstić information content (AvgIpc) is 2.81. The van der Waals surface area contributed by atoms with E-state index in [0.717, 1.165) is 25.2 Å². The number of hydrogen-bond acceptors (Lipinski definition) is 4. The van der Waals surface area contributed by atoms with Crippen LogP contribution in [0, 0.1) is 0 Å². The summed E-state index contributed by atoms with van der Waals surface area (Å²) < 4.78 is 0. The smallest absolute Gasteiger partial charge is 0.293 e. The van der Waals surface area contributed by atoms with Gasteiger partial charge in [-0.3, -0.25) is 9.89 Å². The van der Waals surface area contributed by atoms with Crippen molar-refractivity contribution in [3.8, 4) is 0 Å². The molecule has 1 aliphatic carbocycles. The third-order valence-corrected chi connectivity index (χ3v) is 4.35. The van der Waals surface area contributed by atoms with Crippen molar-refractivity contribution < 1.29 is 4.79 Å². The molecule has 1 heterocycles. The van der Waals surface area contributed by atoms with Gasteiger partial charge in [-0.25, -0.2) is 4.98 Å². The van der Waals surface area contributed by atoms with E-state index >= 15 is 0 Å². The quantitative estimate of drug-likeness (QED) is 0.886. The van der Waals surface area contributed by atoms with Crippen LogP contribution in [0.1, 0.15) is 55.5 Å². The Balaban J connectivity index is 2.04. The van der Waals surface area contributed by atoms with Gasteiger partial charge in [-0.2, -0.15) is 0 Å². The molecule has 1 aromatic rings. The number of carbonyl (C=O) groups is 1. The second kappa shape index (κ2) is 5.52. The molecule has 1 saturated carbocycles. The van der Waals surface area contributed by atoms with E-state index in [4.69, 9.17) is 0 Å². The summed E-state index contributed by atoms with van der Waals surface area (Å²) in [4.78, 5) is 20.6. The summed E-state index contributed by atoms with van der Waals surface area (Å²) in [5, 5.41) is 6.87. The van der Waals surface area contributed by atoms with E-state index in [0.29, 0.717) is 0 Å². The van der Waals surface area contributed by atoms with Crippen LogP contribution >= 0.6 is 0 Å². The average molecular weight is 279 g/mol. The zero-order chi connectivity index (χ0) is 14.9. The van der Waals surface area contributed by atoms with E-state index in [1.165, 1.54) is 6.42 Å². The number of aromatic nitrogens is 3. The van der Waals surface area contributed by atoms with E-state index < -0.39 is 0 Å². The molecular formula is C14H25N5O. The van der Waals surface area contributed by atoms with Crippen LogP contribution in [0.2, 0.25) is 0 Å². The first-order valence-corrected chi connectivity index (χ1v) is 7.21. The fraction of sp³-hybridized carbons (Fsp3) is 0.786. The number of carbonyl (C=O) groups excluding carboxylic acids is 1. The Labute approximate surface area is 120 Å². The van der Waals surface area contributed by atoms with Crippen LogP contribution in [0.15, 0.2) is 0 Å². The largest absolute Gasteiger partial charge is 0.337 e. The number of aromatic amines is 1. The van der Waals surface area contributed by atoms with Crippen LogP contribution in [0.3, 0.4) is 0 Å². The zero-order valence-electron chi connectivity index (χ0n) is 13.1. The topological polar surface area (TPSA) is 65.1 Å². The molecular weight excluding hydrogens is 254 g/mol. The van der Waals surface area contributed by atoms with Crippen molar-refractivity contribution >= 4 is 5.91 Å². The van der Waals surface area contributed by atoms with Gasteiger partial charge in [0.25, 0.3) is 5.91 Å². The number of H-pyrrole nitrogens is 1. The van der Waals surface area contributed by atoms with Crippen LogP contribution in [0.25, 0.3) is 0 Å². The maximum atomic E-state index is 12.4. The van der Waals surface area contributed by atoms with Gasteiger partial charge in [0.15, 0.2) is 0 Å². The molecule has 6 nitrogen and oxygen atoms in total. The molecule has 1 N–H and O–H groups in total. The van der Waals surface area contributed by atoms with Crippen LogP contribution in [-0.2, 0) is 0 Å². The van der Waals surface area contributed by atoms with E-state index in [-0.39, 0.29) is 23.2 Å². The molecule has 6 heteroatoms. The normalized spacial score (nSPS) is 17.4. The highest BCUT2D eigenvalue weighted by Crippen LogP contribution is 2.36. The Kier molecular flexibility index (Phi) is 4.13. The van der Waals surface area contributed by atoms with Crippen molar-refractivity contribution in [3.05, 3.63) is 11.6 Å². The predicted molar refractivity (Wildman–Crippen MR) is 77.7 cm³/mol. The molecule has 1 aromatic heterocycles. The Morgan fingerprint density at radius 3 is 2.40 bits per heavy atom. The highest BCUT2D eigenvalue weighted by Gasteiger charge is 2.41. The van der Waals surface area contributed by atoms with E-state index in [9.17, 15) is 4.79 Å². The summed E-state index contributed by atoms with van der Waals surface area (Å²) >= 11 is 0. The molecule has 112 valence electrons. The second-order valence-corrected chi connectivity index (χ2v) is 6.33. The summed E-state index contributed by atoms with van der Waals surface area (Å²) in [6.45, 7) is 4.77. The Hall–Kier alpha value is -1.43. The highest BCUT2D eigenvalue weighted by atomic mass is 16.2. The molecule has 0 atom stereocenters. The van der Waals surface area contributed by atoms with Crippen molar-refractivity contribution in [2.24, 2.45) is 0 Å². The summed E-state index contributed by atoms with van der Waals surface area (Å²) in [5.41, 5.74) is 0.127. The van der Waals surface area contributed by atoms with Gasteiger partial charge >= 0.3 is 0 Å². The van der Waals surface area contributed by atoms with Crippen LogP contribution in [0.4, 0.5) is 0 Å². The highest BCUT2D eigenvalue weighted by molar-refractivity contribution is 5.90. The Morgan fingerprint density at radius 2 is 2.00 bits per heavy atom. The van der Waals surface area contributed by atoms with Crippen molar-refractivity contribution in [1.29, 1.82) is 0 Å². The zero-order valence-corrected chi connectivity index (χ0v) is 13.1. The molecule has 1 amide bonds. The van der Waals surface area contributed by atoms with Gasteiger partial charge in [-0.1, -0.05) is 13.8 Å². The molecule has 1 aliphatic rings. The lowest BCUT2D eigenvalue weighted by atomic mass is 9.75. The lowest BCUT2D eigenvalue weighted by Crippen LogP contribution is -2.57. The first kappa shape index (κ1) is 15.0. The Bertz CT molecular complexity index is 476. The Morgan fingerprint density at radius 1 is 1.35 bits per heavy atom. The minimum Gasteiger partial charge on any atom is -0.337 e. The van der Waals surface area contributed by atoms with Crippen molar-refractivity contribution in [1.82, 2.24) is 25.0 Å². The van der Waals surface area contributed by atoms with Crippen LogP contribution in [0.5, 0.6) is 0 Å². The number of hydrogen-bond donors (Lipinski definition) is 1. The molecule has 0 aromatic carbocycles. The summed E-state index contributed by atoms with van der Waals surface area (Å²) in [6, 6.07) is 0. The van der Waals surface area contributed by atoms with Gasteiger partial charge in [0.2, 0.25) is 5.82 Å². The van der Waals surface area contributed by atoms with Gasteiger partial charge < -0.3 is 9.80 Å². The minimum atomic E-state index is -0.110. The third kappa shape index (κ3) is 2.70. The van der Waals surface area contributed by atoms with Gasteiger partial charge in [0.05, 0.1) is 0 Å². The lowest BCUT2D eigenvalue weighted by molar-refractivity contribution is 0.0247. The van der Waals surface area contributed by atoms with Gasteiger partial charge in [-0.15, -0.1) is 5.10 Å². The molecule has 0 bridgehead atoms. The first-order chi connectivity index (χ1) is 9.35. The summed E-state index contributed by atoms with van der Waals surface area (Å²) in [5.74, 6) is 1.16. The fourth-order valence-corrected chi connectivity index (χ4v) is 2.64. The SMILES string of the molecule is CC(C)c1nc(C(=O)N(C)CC2(N(C)C)CCC2)n[nH]1. The maximum absolute atomic E-state index is 12.4. The monoisotopic (exact) mass is 279 g/mol. The standard InChI is InChI=1S/C14H25N5O/c1-10(2)11-15-12(17-16-11)13(20)19(5)9-14(18(3)4)7-6-8-14/h10H,6-9H2,1-5H3,(H,15,16,17). The van der Waals surface area contributed by atoms with E-state index in [2.05, 4.69) is 34.2 Å². The number of nitrogens with zero attached hydrogens (tertiary/aromatic N) is 4. The van der Waals surface area contributed by atoms with Crippen molar-refractivity contribution in [3.63, 3.8) is 0 Å². The molecule has 0 spiro atoms. The first-order valence-electron chi connectivity index (χ1n) is 7.21. The van der Waals surface area contributed by atoms with Crippen molar-refractivity contribution in [2.45, 2.75) is 44.6 Å². The number of rotatable bonds is 5. The summed E-state index contributed by atoms with van der Waals surface area (Å²) in [7, 11) is 6.00.